The fourth-order valence-electron chi connectivity index (χ4n) is 4.95. The van der Waals surface area contributed by atoms with Gasteiger partial charge in [-0.2, -0.15) is 0 Å². The van der Waals surface area contributed by atoms with Gasteiger partial charge in [0.25, 0.3) is 0 Å². The number of hydrogen-bond donors (Lipinski definition) is 0. The number of rotatable bonds is 9. The maximum atomic E-state index is 6.73. The van der Waals surface area contributed by atoms with Crippen molar-refractivity contribution in [2.75, 3.05) is 6.61 Å². The molecule has 0 spiro atoms. The Hall–Kier alpha value is -2.80. The molecule has 6 rings (SSSR count). The first-order chi connectivity index (χ1) is 19.3. The van der Waals surface area contributed by atoms with Crippen molar-refractivity contribution >= 4 is 19.4 Å². The monoisotopic (exact) mass is 588 g/mol. The van der Waals surface area contributed by atoms with Gasteiger partial charge in [-0.1, -0.05) is 0 Å². The average Bonchev–Trinajstić information content (AvgIpc) is 3.01. The zero-order valence-corrected chi connectivity index (χ0v) is 23.3. The molecule has 2 saturated heterocycles. The summed E-state index contributed by atoms with van der Waals surface area (Å²) in [6.07, 6.45) is -1.72. The summed E-state index contributed by atoms with van der Waals surface area (Å²) < 4.78 is 34.2. The zero-order chi connectivity index (χ0) is 26.3. The Morgan fingerprint density at radius 2 is 1.15 bits per heavy atom. The van der Waals surface area contributed by atoms with Crippen LogP contribution in [-0.4, -0.2) is 51.0 Å². The second kappa shape index (κ2) is 13.0. The second-order valence-corrected chi connectivity index (χ2v) is 12.1. The molecule has 0 radical (unpaired) electrons. The summed E-state index contributed by atoms with van der Waals surface area (Å²) in [5.74, 6) is 0. The van der Waals surface area contributed by atoms with Crippen LogP contribution in [0.2, 0.25) is 0 Å². The molecule has 0 aliphatic carbocycles. The van der Waals surface area contributed by atoms with Crippen molar-refractivity contribution in [2.24, 2.45) is 0 Å². The van der Waals surface area contributed by atoms with Crippen LogP contribution in [0, 0.1) is 0 Å². The van der Waals surface area contributed by atoms with Crippen LogP contribution in [-0.2, 0) is 36.9 Å². The standard InChI is InChI=1S/C33H32O5Se/c1-5-13-24(14-6-1)21-34-30-29-28(23-36-32(38-29)26-17-9-3-10-18-26)37-33(39-27-19-11-4-12-20-27)31(30)35-22-25-15-7-2-8-16-25/h1-20,28-33H,21-23H2/t28-,29-,30+,31-,32?,33+/m1/s1. The molecule has 0 bridgehead atoms. The molecular formula is C33H32O5Se. The molecule has 5 nitrogen and oxygen atoms in total. The molecule has 1 unspecified atom stereocenters. The van der Waals surface area contributed by atoms with Crippen LogP contribution in [0.5, 0.6) is 0 Å². The van der Waals surface area contributed by atoms with E-state index in [0.29, 0.717) is 19.8 Å². The average molecular weight is 588 g/mol. The first-order valence-corrected chi connectivity index (χ1v) is 15.2. The molecule has 0 amide bonds. The van der Waals surface area contributed by atoms with Crippen molar-refractivity contribution in [1.82, 2.24) is 0 Å². The van der Waals surface area contributed by atoms with Gasteiger partial charge in [-0.3, -0.25) is 0 Å². The normalized spacial score (nSPS) is 26.6. The molecule has 4 aromatic carbocycles. The van der Waals surface area contributed by atoms with Gasteiger partial charge < -0.3 is 0 Å². The van der Waals surface area contributed by atoms with Gasteiger partial charge in [-0.25, -0.2) is 0 Å². The molecule has 0 saturated carbocycles. The number of ether oxygens (including phenoxy) is 5. The van der Waals surface area contributed by atoms with E-state index in [1.807, 2.05) is 72.8 Å². The summed E-state index contributed by atoms with van der Waals surface area (Å²) in [6, 6.07) is 41.1. The van der Waals surface area contributed by atoms with Crippen LogP contribution in [0.15, 0.2) is 121 Å². The van der Waals surface area contributed by atoms with E-state index in [1.54, 1.807) is 0 Å². The predicted molar refractivity (Wildman–Crippen MR) is 151 cm³/mol. The van der Waals surface area contributed by atoms with Crippen LogP contribution in [0.4, 0.5) is 0 Å². The Kier molecular flexibility index (Phi) is 8.83. The molecule has 6 atom stereocenters. The van der Waals surface area contributed by atoms with E-state index in [0.717, 1.165) is 16.7 Å². The molecular weight excluding hydrogens is 555 g/mol. The van der Waals surface area contributed by atoms with Gasteiger partial charge in [0.15, 0.2) is 0 Å². The number of benzene rings is 4. The van der Waals surface area contributed by atoms with E-state index in [1.165, 1.54) is 4.46 Å². The van der Waals surface area contributed by atoms with Crippen LogP contribution in [0.25, 0.3) is 0 Å². The summed E-state index contributed by atoms with van der Waals surface area (Å²) in [7, 11) is 0. The Labute approximate surface area is 236 Å². The molecule has 2 aliphatic rings. The Balaban J connectivity index is 1.30. The molecule has 200 valence electrons. The third-order valence-corrected chi connectivity index (χ3v) is 9.35. The van der Waals surface area contributed by atoms with E-state index in [2.05, 4.69) is 48.5 Å². The summed E-state index contributed by atoms with van der Waals surface area (Å²) in [4.78, 5) is 0. The van der Waals surface area contributed by atoms with E-state index >= 15 is 0 Å². The van der Waals surface area contributed by atoms with Gasteiger partial charge in [-0.15, -0.1) is 0 Å². The van der Waals surface area contributed by atoms with Crippen molar-refractivity contribution in [2.45, 2.75) is 48.9 Å². The van der Waals surface area contributed by atoms with Crippen LogP contribution < -0.4 is 4.46 Å². The number of hydrogen-bond acceptors (Lipinski definition) is 5. The fraction of sp³-hybridized carbons (Fsp3) is 0.273. The minimum atomic E-state index is -0.482. The molecule has 39 heavy (non-hydrogen) atoms. The van der Waals surface area contributed by atoms with E-state index in [9.17, 15) is 0 Å². The summed E-state index contributed by atoms with van der Waals surface area (Å²) in [5.41, 5.74) is 3.21. The second-order valence-electron chi connectivity index (χ2n) is 9.67. The summed E-state index contributed by atoms with van der Waals surface area (Å²) in [5, 5.41) is -0.161. The molecule has 0 N–H and O–H groups in total. The molecule has 2 heterocycles. The van der Waals surface area contributed by atoms with Crippen LogP contribution >= 0.6 is 0 Å². The van der Waals surface area contributed by atoms with Crippen molar-refractivity contribution in [1.29, 1.82) is 0 Å². The van der Waals surface area contributed by atoms with Crippen molar-refractivity contribution < 1.29 is 23.7 Å². The van der Waals surface area contributed by atoms with E-state index in [-0.39, 0.29) is 44.4 Å². The topological polar surface area (TPSA) is 46.2 Å². The van der Waals surface area contributed by atoms with Gasteiger partial charge in [0.2, 0.25) is 0 Å². The van der Waals surface area contributed by atoms with Crippen LogP contribution in [0.3, 0.4) is 0 Å². The Morgan fingerprint density at radius 1 is 0.615 bits per heavy atom. The maximum absolute atomic E-state index is 6.73. The van der Waals surface area contributed by atoms with E-state index in [4.69, 9.17) is 23.7 Å². The van der Waals surface area contributed by atoms with Crippen LogP contribution in [0.1, 0.15) is 23.0 Å². The molecule has 2 fully saturated rings. The van der Waals surface area contributed by atoms with Gasteiger partial charge in [0.1, 0.15) is 0 Å². The van der Waals surface area contributed by atoms with Gasteiger partial charge >= 0.3 is 237 Å². The first kappa shape index (κ1) is 26.4. The predicted octanol–water partition coefficient (Wildman–Crippen LogP) is 5.03. The molecule has 4 aromatic rings. The van der Waals surface area contributed by atoms with Crippen molar-refractivity contribution in [3.8, 4) is 0 Å². The van der Waals surface area contributed by atoms with Gasteiger partial charge in [0, 0.05) is 0 Å². The molecule has 0 aromatic heterocycles. The third kappa shape index (κ3) is 6.68. The Bertz CT molecular complexity index is 1270. The summed E-state index contributed by atoms with van der Waals surface area (Å²) in [6.45, 7) is 1.37. The third-order valence-electron chi connectivity index (χ3n) is 6.92. The minimum absolute atomic E-state index is 0.00177. The van der Waals surface area contributed by atoms with Crippen molar-refractivity contribution in [3.63, 3.8) is 0 Å². The Morgan fingerprint density at radius 3 is 1.77 bits per heavy atom. The van der Waals surface area contributed by atoms with E-state index < -0.39 is 6.29 Å². The first-order valence-electron chi connectivity index (χ1n) is 13.3. The quantitative estimate of drug-likeness (QED) is 0.257. The van der Waals surface area contributed by atoms with Crippen molar-refractivity contribution in [3.05, 3.63) is 138 Å². The fourth-order valence-corrected chi connectivity index (χ4v) is 7.36. The summed E-state index contributed by atoms with van der Waals surface area (Å²) >= 11 is -0.00177. The molecule has 6 heteroatoms. The number of fused-ring (bicyclic) bond motifs is 1. The SMILES string of the molecule is c1ccc(CO[C@@H]2[C@@H](OCc3ccccc3)[C@H]([Se]c3ccccc3)O[C@@H]3COC(c4ccccc4)O[C@@H]23)cc1. The van der Waals surface area contributed by atoms with Gasteiger partial charge in [-0.05, 0) is 0 Å². The molecule has 2 aliphatic heterocycles. The van der Waals surface area contributed by atoms with Gasteiger partial charge in [0.05, 0.1) is 0 Å². The zero-order valence-electron chi connectivity index (χ0n) is 21.6.